The number of ether oxygens (including phenoxy) is 1. The summed E-state index contributed by atoms with van der Waals surface area (Å²) >= 11 is 0. The zero-order valence-electron chi connectivity index (χ0n) is 17.0. The van der Waals surface area contributed by atoms with Gasteiger partial charge in [-0.2, -0.15) is 0 Å². The van der Waals surface area contributed by atoms with Crippen LogP contribution in [0.4, 0.5) is 0 Å². The molecule has 0 saturated heterocycles. The highest BCUT2D eigenvalue weighted by molar-refractivity contribution is 5.76. The molecule has 0 unspecified atom stereocenters. The van der Waals surface area contributed by atoms with Crippen LogP contribution < -0.4 is 5.32 Å². The number of hydrogen-bond donors (Lipinski definition) is 2. The molecular formula is C23H31NO4. The summed E-state index contributed by atoms with van der Waals surface area (Å²) in [6.07, 6.45) is 5.14. The highest BCUT2D eigenvalue weighted by atomic mass is 16.5. The summed E-state index contributed by atoms with van der Waals surface area (Å²) in [5.74, 6) is 1.52. The number of phenols is 1. The van der Waals surface area contributed by atoms with E-state index < -0.39 is 0 Å². The van der Waals surface area contributed by atoms with Gasteiger partial charge in [0.2, 0.25) is 5.91 Å². The van der Waals surface area contributed by atoms with E-state index in [1.165, 1.54) is 18.1 Å². The van der Waals surface area contributed by atoms with Crippen molar-refractivity contribution in [1.29, 1.82) is 0 Å². The molecular weight excluding hydrogens is 354 g/mol. The Morgan fingerprint density at radius 2 is 2.11 bits per heavy atom. The first kappa shape index (κ1) is 19.3. The second kappa shape index (κ2) is 7.09. The van der Waals surface area contributed by atoms with Gasteiger partial charge in [-0.1, -0.05) is 19.9 Å². The predicted molar refractivity (Wildman–Crippen MR) is 106 cm³/mol. The van der Waals surface area contributed by atoms with Crippen LogP contribution in [0.25, 0.3) is 0 Å². The Morgan fingerprint density at radius 1 is 1.32 bits per heavy atom. The molecule has 2 N–H and O–H groups in total. The van der Waals surface area contributed by atoms with Crippen LogP contribution in [-0.4, -0.2) is 29.1 Å². The number of aromatic hydroxyl groups is 1. The van der Waals surface area contributed by atoms with Gasteiger partial charge in [0.05, 0.1) is 6.04 Å². The Labute approximate surface area is 166 Å². The van der Waals surface area contributed by atoms with Gasteiger partial charge in [-0.05, 0) is 78.5 Å². The first-order valence-electron chi connectivity index (χ1n) is 10.6. The molecule has 4 rings (SSSR count). The number of esters is 1. The van der Waals surface area contributed by atoms with E-state index in [1.54, 1.807) is 6.07 Å². The SMILES string of the molecule is CCC(=O)N[C@H]1[C@H](OC(C)=O)C[C@H]2[C@@H]3CCc4cc(O)ccc4[C@H]3CC[C@@]21C. The Morgan fingerprint density at radius 3 is 2.82 bits per heavy atom. The van der Waals surface area contributed by atoms with Gasteiger partial charge in [0.1, 0.15) is 11.9 Å². The summed E-state index contributed by atoms with van der Waals surface area (Å²) < 4.78 is 5.70. The zero-order valence-corrected chi connectivity index (χ0v) is 17.0. The molecule has 2 saturated carbocycles. The number of aryl methyl sites for hydroxylation is 1. The lowest BCUT2D eigenvalue weighted by Gasteiger charge is -2.50. The average molecular weight is 386 g/mol. The molecule has 1 aromatic carbocycles. The van der Waals surface area contributed by atoms with Crippen LogP contribution >= 0.6 is 0 Å². The maximum atomic E-state index is 12.2. The van der Waals surface area contributed by atoms with Gasteiger partial charge in [0.15, 0.2) is 0 Å². The number of rotatable bonds is 3. The summed E-state index contributed by atoms with van der Waals surface area (Å²) in [5, 5.41) is 13.0. The van der Waals surface area contributed by atoms with Crippen molar-refractivity contribution in [3.05, 3.63) is 29.3 Å². The lowest BCUT2D eigenvalue weighted by atomic mass is 9.55. The van der Waals surface area contributed by atoms with Crippen LogP contribution in [0, 0.1) is 17.3 Å². The lowest BCUT2D eigenvalue weighted by molar-refractivity contribution is -0.148. The normalized spacial score (nSPS) is 36.0. The standard InChI is InChI=1S/C23H31NO4/c1-4-21(27)24-22-20(28-13(2)25)12-19-18-7-5-14-11-15(26)6-8-16(14)17(18)9-10-23(19,22)3/h6,8,11,17-20,22,26H,4-5,7,9-10,12H2,1-3H3,(H,24,27)/t17-,18-,19+,20-,22+,23+/m1/s1. The van der Waals surface area contributed by atoms with Crippen molar-refractivity contribution in [1.82, 2.24) is 5.32 Å². The molecule has 0 spiro atoms. The summed E-state index contributed by atoms with van der Waals surface area (Å²) in [7, 11) is 0. The van der Waals surface area contributed by atoms with Crippen molar-refractivity contribution in [3.63, 3.8) is 0 Å². The molecule has 6 atom stereocenters. The fourth-order valence-electron chi connectivity index (χ4n) is 6.42. The van der Waals surface area contributed by atoms with E-state index in [9.17, 15) is 14.7 Å². The van der Waals surface area contributed by atoms with Crippen molar-refractivity contribution >= 4 is 11.9 Å². The number of carbonyl (C=O) groups is 2. The molecule has 5 heteroatoms. The van der Waals surface area contributed by atoms with Crippen molar-refractivity contribution in [2.24, 2.45) is 17.3 Å². The minimum atomic E-state index is -0.274. The van der Waals surface area contributed by atoms with E-state index >= 15 is 0 Å². The molecule has 0 radical (unpaired) electrons. The van der Waals surface area contributed by atoms with E-state index in [0.717, 1.165) is 32.1 Å². The number of benzene rings is 1. The van der Waals surface area contributed by atoms with Crippen molar-refractivity contribution < 1.29 is 19.4 Å². The number of fused-ring (bicyclic) bond motifs is 5. The van der Waals surface area contributed by atoms with E-state index in [4.69, 9.17) is 4.74 Å². The number of amides is 1. The Balaban J connectivity index is 1.65. The first-order chi connectivity index (χ1) is 13.3. The summed E-state index contributed by atoms with van der Waals surface area (Å²) in [6, 6.07) is 5.70. The van der Waals surface area contributed by atoms with Crippen LogP contribution in [0.1, 0.15) is 69.9 Å². The molecule has 3 aliphatic rings. The molecule has 3 aliphatic carbocycles. The summed E-state index contributed by atoms with van der Waals surface area (Å²) in [6.45, 7) is 5.59. The first-order valence-corrected chi connectivity index (χ1v) is 10.6. The molecule has 0 heterocycles. The number of hydrogen-bond acceptors (Lipinski definition) is 4. The third-order valence-electron chi connectivity index (χ3n) is 7.67. The minimum absolute atomic E-state index is 0.0237. The molecule has 1 aromatic rings. The van der Waals surface area contributed by atoms with Gasteiger partial charge in [0, 0.05) is 13.3 Å². The highest BCUT2D eigenvalue weighted by Crippen LogP contribution is 2.61. The van der Waals surface area contributed by atoms with E-state index in [0.29, 0.717) is 29.9 Å². The Hall–Kier alpha value is -2.04. The van der Waals surface area contributed by atoms with E-state index in [2.05, 4.69) is 18.3 Å². The van der Waals surface area contributed by atoms with Crippen LogP contribution in [0.15, 0.2) is 18.2 Å². The fraction of sp³-hybridized carbons (Fsp3) is 0.652. The van der Waals surface area contributed by atoms with E-state index in [1.807, 2.05) is 13.0 Å². The van der Waals surface area contributed by atoms with E-state index in [-0.39, 0.29) is 29.4 Å². The zero-order chi connectivity index (χ0) is 20.1. The Bertz CT molecular complexity index is 791. The number of nitrogens with one attached hydrogen (secondary N) is 1. The van der Waals surface area contributed by atoms with Crippen molar-refractivity contribution in [2.45, 2.75) is 77.4 Å². The molecule has 2 fully saturated rings. The predicted octanol–water partition coefficient (Wildman–Crippen LogP) is 3.68. The summed E-state index contributed by atoms with van der Waals surface area (Å²) in [4.78, 5) is 23.9. The minimum Gasteiger partial charge on any atom is -0.508 e. The van der Waals surface area contributed by atoms with Crippen LogP contribution in [-0.2, 0) is 20.7 Å². The van der Waals surface area contributed by atoms with Gasteiger partial charge in [-0.3, -0.25) is 9.59 Å². The molecule has 0 bridgehead atoms. The largest absolute Gasteiger partial charge is 0.508 e. The van der Waals surface area contributed by atoms with Gasteiger partial charge in [0.25, 0.3) is 0 Å². The molecule has 5 nitrogen and oxygen atoms in total. The average Bonchev–Trinajstić information content (AvgIpc) is 2.92. The van der Waals surface area contributed by atoms with Crippen LogP contribution in [0.5, 0.6) is 5.75 Å². The third kappa shape index (κ3) is 3.09. The second-order valence-electron chi connectivity index (χ2n) is 9.13. The second-order valence-corrected chi connectivity index (χ2v) is 9.13. The van der Waals surface area contributed by atoms with Crippen molar-refractivity contribution in [3.8, 4) is 5.75 Å². The van der Waals surface area contributed by atoms with Gasteiger partial charge in [-0.25, -0.2) is 0 Å². The smallest absolute Gasteiger partial charge is 0.302 e. The van der Waals surface area contributed by atoms with Gasteiger partial charge < -0.3 is 15.2 Å². The molecule has 1 amide bonds. The quantitative estimate of drug-likeness (QED) is 0.778. The monoisotopic (exact) mass is 385 g/mol. The Kier molecular flexibility index (Phi) is 4.88. The van der Waals surface area contributed by atoms with Gasteiger partial charge in [-0.15, -0.1) is 0 Å². The summed E-state index contributed by atoms with van der Waals surface area (Å²) in [5.41, 5.74) is 2.59. The third-order valence-corrected chi connectivity index (χ3v) is 7.67. The van der Waals surface area contributed by atoms with Crippen LogP contribution in [0.3, 0.4) is 0 Å². The topological polar surface area (TPSA) is 75.6 Å². The number of carbonyl (C=O) groups excluding carboxylic acids is 2. The fourth-order valence-corrected chi connectivity index (χ4v) is 6.42. The molecule has 28 heavy (non-hydrogen) atoms. The van der Waals surface area contributed by atoms with Gasteiger partial charge >= 0.3 is 5.97 Å². The highest BCUT2D eigenvalue weighted by Gasteiger charge is 2.59. The molecule has 0 aromatic heterocycles. The molecule has 152 valence electrons. The molecule has 0 aliphatic heterocycles. The maximum absolute atomic E-state index is 12.2. The lowest BCUT2D eigenvalue weighted by Crippen LogP contribution is -2.53. The van der Waals surface area contributed by atoms with Crippen molar-refractivity contribution in [2.75, 3.05) is 0 Å². The number of phenolic OH excluding ortho intramolecular Hbond substituents is 1. The van der Waals surface area contributed by atoms with Crippen LogP contribution in [0.2, 0.25) is 0 Å². The maximum Gasteiger partial charge on any atom is 0.302 e.